The predicted molar refractivity (Wildman–Crippen MR) is 100 cm³/mol. The number of methoxy groups -OCH3 is 1. The number of halogens is 1. The van der Waals surface area contributed by atoms with Gasteiger partial charge in [-0.15, -0.1) is 0 Å². The Labute approximate surface area is 163 Å². The Hall–Kier alpha value is -2.46. The first-order chi connectivity index (χ1) is 13.3. The molecule has 152 valence electrons. The van der Waals surface area contributed by atoms with E-state index in [-0.39, 0.29) is 35.2 Å². The molecule has 1 N–H and O–H groups in total. The molecule has 2 heterocycles. The number of aromatic amines is 1. The highest BCUT2D eigenvalue weighted by atomic mass is 32.2. The third-order valence-electron chi connectivity index (χ3n) is 4.80. The van der Waals surface area contributed by atoms with Crippen LogP contribution in [0.25, 0.3) is 0 Å². The van der Waals surface area contributed by atoms with Crippen LogP contribution >= 0.6 is 0 Å². The van der Waals surface area contributed by atoms with Gasteiger partial charge in [0, 0.05) is 31.7 Å². The second-order valence-corrected chi connectivity index (χ2v) is 8.54. The van der Waals surface area contributed by atoms with Gasteiger partial charge in [0.1, 0.15) is 4.90 Å². The normalized spacial score (nSPS) is 16.1. The number of ether oxygens (including phenoxy) is 1. The maximum atomic E-state index is 13.9. The molecule has 0 spiro atoms. The molecule has 1 aliphatic heterocycles. The SMILES string of the molecule is COc1ccc(C(=O)N2CCCN(S(=O)(=O)c3c(C)n[nH]c3C)CC2)cc1F. The first kappa shape index (κ1) is 20.3. The number of aryl methyl sites for hydroxylation is 2. The van der Waals surface area contributed by atoms with E-state index in [1.165, 1.54) is 23.5 Å². The van der Waals surface area contributed by atoms with Crippen LogP contribution in [0.4, 0.5) is 4.39 Å². The second kappa shape index (κ2) is 7.88. The van der Waals surface area contributed by atoms with E-state index in [1.54, 1.807) is 18.7 Å². The first-order valence-corrected chi connectivity index (χ1v) is 10.3. The molecule has 0 unspecified atom stereocenters. The molecule has 0 atom stereocenters. The van der Waals surface area contributed by atoms with Gasteiger partial charge in [0.25, 0.3) is 5.91 Å². The standard InChI is InChI=1S/C18H23FN4O4S/c1-12-17(13(2)21-20-12)28(25,26)23-8-4-7-22(9-10-23)18(24)14-5-6-16(27-3)15(19)11-14/h5-6,11H,4,7-10H2,1-3H3,(H,20,21). The second-order valence-electron chi connectivity index (χ2n) is 6.66. The summed E-state index contributed by atoms with van der Waals surface area (Å²) in [5.74, 6) is -0.884. The van der Waals surface area contributed by atoms with Crippen LogP contribution in [0.1, 0.15) is 28.2 Å². The summed E-state index contributed by atoms with van der Waals surface area (Å²) in [7, 11) is -2.35. The van der Waals surface area contributed by atoms with Crippen molar-refractivity contribution < 1.29 is 22.3 Å². The fourth-order valence-corrected chi connectivity index (χ4v) is 5.17. The molecular formula is C18H23FN4O4S. The van der Waals surface area contributed by atoms with Crippen molar-refractivity contribution in [3.63, 3.8) is 0 Å². The molecule has 2 aromatic rings. The van der Waals surface area contributed by atoms with Gasteiger partial charge in [-0.2, -0.15) is 9.40 Å². The Morgan fingerprint density at radius 2 is 1.96 bits per heavy atom. The summed E-state index contributed by atoms with van der Waals surface area (Å²) in [5.41, 5.74) is 1.11. The first-order valence-electron chi connectivity index (χ1n) is 8.90. The summed E-state index contributed by atoms with van der Waals surface area (Å²) in [6.07, 6.45) is 0.486. The molecule has 0 radical (unpaired) electrons. The zero-order valence-electron chi connectivity index (χ0n) is 16.0. The van der Waals surface area contributed by atoms with Crippen molar-refractivity contribution in [1.29, 1.82) is 0 Å². The zero-order chi connectivity index (χ0) is 20.5. The Kier molecular flexibility index (Phi) is 5.71. The zero-order valence-corrected chi connectivity index (χ0v) is 16.8. The van der Waals surface area contributed by atoms with Crippen molar-refractivity contribution in [2.75, 3.05) is 33.3 Å². The van der Waals surface area contributed by atoms with Crippen LogP contribution in [0.5, 0.6) is 5.75 Å². The summed E-state index contributed by atoms with van der Waals surface area (Å²) in [4.78, 5) is 14.5. The predicted octanol–water partition coefficient (Wildman–Crippen LogP) is 1.71. The van der Waals surface area contributed by atoms with Crippen molar-refractivity contribution in [2.45, 2.75) is 25.2 Å². The Bertz CT molecular complexity index is 970. The molecule has 0 saturated carbocycles. The number of hydrogen-bond donors (Lipinski definition) is 1. The van der Waals surface area contributed by atoms with E-state index in [9.17, 15) is 17.6 Å². The topological polar surface area (TPSA) is 95.6 Å². The number of nitrogens with one attached hydrogen (secondary N) is 1. The third kappa shape index (κ3) is 3.74. The largest absolute Gasteiger partial charge is 0.494 e. The number of rotatable bonds is 4. The quantitative estimate of drug-likeness (QED) is 0.828. The molecule has 1 aliphatic rings. The van der Waals surface area contributed by atoms with Crippen molar-refractivity contribution >= 4 is 15.9 Å². The number of sulfonamides is 1. The van der Waals surface area contributed by atoms with Gasteiger partial charge in [0.2, 0.25) is 10.0 Å². The van der Waals surface area contributed by atoms with E-state index in [0.29, 0.717) is 30.9 Å². The third-order valence-corrected chi connectivity index (χ3v) is 6.96. The summed E-state index contributed by atoms with van der Waals surface area (Å²) < 4.78 is 46.2. The summed E-state index contributed by atoms with van der Waals surface area (Å²) in [6, 6.07) is 4.04. The number of H-pyrrole nitrogens is 1. The number of amides is 1. The van der Waals surface area contributed by atoms with Gasteiger partial charge in [-0.25, -0.2) is 12.8 Å². The molecule has 10 heteroatoms. The molecule has 28 heavy (non-hydrogen) atoms. The molecule has 1 aromatic carbocycles. The molecule has 0 bridgehead atoms. The molecule has 3 rings (SSSR count). The lowest BCUT2D eigenvalue weighted by molar-refractivity contribution is 0.0763. The molecule has 0 aliphatic carbocycles. The van der Waals surface area contributed by atoms with Gasteiger partial charge in [0.05, 0.1) is 18.5 Å². The maximum absolute atomic E-state index is 13.9. The Morgan fingerprint density at radius 3 is 2.57 bits per heavy atom. The lowest BCUT2D eigenvalue weighted by Gasteiger charge is -2.22. The van der Waals surface area contributed by atoms with E-state index in [0.717, 1.165) is 6.07 Å². The van der Waals surface area contributed by atoms with Crippen LogP contribution in [0.2, 0.25) is 0 Å². The van der Waals surface area contributed by atoms with Gasteiger partial charge in [0.15, 0.2) is 11.6 Å². The molecule has 1 amide bonds. The van der Waals surface area contributed by atoms with Crippen LogP contribution in [0.15, 0.2) is 23.1 Å². The lowest BCUT2D eigenvalue weighted by Crippen LogP contribution is -2.37. The summed E-state index contributed by atoms with van der Waals surface area (Å²) in [6.45, 7) is 4.38. The lowest BCUT2D eigenvalue weighted by atomic mass is 10.1. The van der Waals surface area contributed by atoms with E-state index >= 15 is 0 Å². The van der Waals surface area contributed by atoms with Crippen LogP contribution in [-0.4, -0.2) is 67.0 Å². The highest BCUT2D eigenvalue weighted by molar-refractivity contribution is 7.89. The van der Waals surface area contributed by atoms with Crippen molar-refractivity contribution in [2.24, 2.45) is 0 Å². The number of carbonyl (C=O) groups is 1. The molecule has 8 nitrogen and oxygen atoms in total. The molecular weight excluding hydrogens is 387 g/mol. The van der Waals surface area contributed by atoms with Gasteiger partial charge in [-0.05, 0) is 38.5 Å². The molecule has 1 aromatic heterocycles. The van der Waals surface area contributed by atoms with Crippen LogP contribution in [-0.2, 0) is 10.0 Å². The highest BCUT2D eigenvalue weighted by Gasteiger charge is 2.32. The molecule has 1 saturated heterocycles. The van der Waals surface area contributed by atoms with Gasteiger partial charge in [-0.1, -0.05) is 0 Å². The van der Waals surface area contributed by atoms with E-state index in [2.05, 4.69) is 10.2 Å². The minimum absolute atomic E-state index is 0.0653. The Morgan fingerprint density at radius 1 is 1.21 bits per heavy atom. The highest BCUT2D eigenvalue weighted by Crippen LogP contribution is 2.24. The minimum Gasteiger partial charge on any atom is -0.494 e. The van der Waals surface area contributed by atoms with Crippen LogP contribution in [0.3, 0.4) is 0 Å². The van der Waals surface area contributed by atoms with Crippen molar-refractivity contribution in [3.8, 4) is 5.75 Å². The Balaban J connectivity index is 1.76. The van der Waals surface area contributed by atoms with E-state index in [4.69, 9.17) is 4.74 Å². The van der Waals surface area contributed by atoms with Crippen molar-refractivity contribution in [1.82, 2.24) is 19.4 Å². The van der Waals surface area contributed by atoms with Crippen LogP contribution < -0.4 is 4.74 Å². The number of nitrogens with zero attached hydrogens (tertiary/aromatic N) is 3. The monoisotopic (exact) mass is 410 g/mol. The average Bonchev–Trinajstić information content (AvgIpc) is 2.86. The average molecular weight is 410 g/mol. The smallest absolute Gasteiger partial charge is 0.254 e. The van der Waals surface area contributed by atoms with Gasteiger partial charge >= 0.3 is 0 Å². The maximum Gasteiger partial charge on any atom is 0.254 e. The van der Waals surface area contributed by atoms with E-state index < -0.39 is 15.8 Å². The van der Waals surface area contributed by atoms with Crippen LogP contribution in [0, 0.1) is 19.7 Å². The summed E-state index contributed by atoms with van der Waals surface area (Å²) >= 11 is 0. The molecule has 1 fully saturated rings. The number of aromatic nitrogens is 2. The number of benzene rings is 1. The fraction of sp³-hybridized carbons (Fsp3) is 0.444. The van der Waals surface area contributed by atoms with Gasteiger partial charge in [-0.3, -0.25) is 9.89 Å². The number of carbonyl (C=O) groups excluding carboxylic acids is 1. The fourth-order valence-electron chi connectivity index (χ4n) is 3.37. The summed E-state index contributed by atoms with van der Waals surface area (Å²) in [5, 5.41) is 6.66. The van der Waals surface area contributed by atoms with E-state index in [1.807, 2.05) is 0 Å². The number of hydrogen-bond acceptors (Lipinski definition) is 5. The van der Waals surface area contributed by atoms with Crippen molar-refractivity contribution in [3.05, 3.63) is 41.0 Å². The van der Waals surface area contributed by atoms with Gasteiger partial charge < -0.3 is 9.64 Å². The minimum atomic E-state index is -3.71.